The van der Waals surface area contributed by atoms with Crippen molar-refractivity contribution in [2.75, 3.05) is 0 Å². The molecule has 0 aromatic rings. The first-order chi connectivity index (χ1) is 12.4. The highest BCUT2D eigenvalue weighted by molar-refractivity contribution is 7.86. The highest BCUT2D eigenvalue weighted by atomic mass is 32.2. The first kappa shape index (κ1) is 25.9. The van der Waals surface area contributed by atoms with Crippen molar-refractivity contribution in [3.05, 3.63) is 0 Å². The van der Waals surface area contributed by atoms with Crippen molar-refractivity contribution in [1.29, 1.82) is 0 Å². The molecule has 0 saturated heterocycles. The monoisotopic (exact) mass is 392 g/mol. The Labute approximate surface area is 162 Å². The summed E-state index contributed by atoms with van der Waals surface area (Å²) in [4.78, 5) is 0. The molecule has 0 aromatic carbocycles. The van der Waals surface area contributed by atoms with Crippen LogP contribution in [0, 0.1) is 0 Å². The number of hydrogen-bond acceptors (Lipinski definition) is 3. The molecule has 0 aliphatic heterocycles. The van der Waals surface area contributed by atoms with Gasteiger partial charge in [0.2, 0.25) is 0 Å². The highest BCUT2D eigenvalue weighted by Gasteiger charge is 2.29. The van der Waals surface area contributed by atoms with E-state index >= 15 is 0 Å². The number of unbranched alkanes of at least 4 members (excludes halogenated alkanes) is 13. The predicted molar refractivity (Wildman–Crippen MR) is 111 cm³/mol. The van der Waals surface area contributed by atoms with Gasteiger partial charge in [-0.3, -0.25) is 4.55 Å². The molecule has 5 heteroatoms. The van der Waals surface area contributed by atoms with Crippen LogP contribution in [0.2, 0.25) is 0 Å². The average Bonchev–Trinajstić information content (AvgIpc) is 2.58. The van der Waals surface area contributed by atoms with Gasteiger partial charge < -0.3 is 5.11 Å². The van der Waals surface area contributed by atoms with Crippen molar-refractivity contribution in [2.45, 2.75) is 134 Å². The minimum absolute atomic E-state index is 0.342. The molecule has 0 saturated carbocycles. The van der Waals surface area contributed by atoms with E-state index in [4.69, 9.17) is 0 Å². The molecule has 0 radical (unpaired) electrons. The normalized spacial score (nSPS) is 14.5. The Morgan fingerprint density at radius 2 is 1.00 bits per heavy atom. The third-order valence-electron chi connectivity index (χ3n) is 5.26. The summed E-state index contributed by atoms with van der Waals surface area (Å²) in [5.74, 6) is 0. The lowest BCUT2D eigenvalue weighted by Gasteiger charge is -2.20. The van der Waals surface area contributed by atoms with Gasteiger partial charge >= 0.3 is 0 Å². The van der Waals surface area contributed by atoms with Gasteiger partial charge in [0.05, 0.1) is 6.10 Å². The maximum Gasteiger partial charge on any atom is 0.270 e. The molecule has 0 bridgehead atoms. The third kappa shape index (κ3) is 15.0. The van der Waals surface area contributed by atoms with Gasteiger partial charge in [0.1, 0.15) is 5.25 Å². The minimum atomic E-state index is -4.15. The Balaban J connectivity index is 3.58. The molecule has 26 heavy (non-hydrogen) atoms. The molecule has 2 N–H and O–H groups in total. The van der Waals surface area contributed by atoms with Crippen LogP contribution in [-0.4, -0.2) is 29.4 Å². The van der Waals surface area contributed by atoms with Gasteiger partial charge in [0.25, 0.3) is 10.1 Å². The first-order valence-corrected chi connectivity index (χ1v) is 12.6. The summed E-state index contributed by atoms with van der Waals surface area (Å²) in [6, 6.07) is 0. The van der Waals surface area contributed by atoms with Crippen molar-refractivity contribution >= 4 is 10.1 Å². The van der Waals surface area contributed by atoms with Gasteiger partial charge in [-0.15, -0.1) is 0 Å². The largest absolute Gasteiger partial charge is 0.392 e. The van der Waals surface area contributed by atoms with E-state index in [1.54, 1.807) is 0 Å². The molecule has 2 unspecified atom stereocenters. The summed E-state index contributed by atoms with van der Waals surface area (Å²) in [5.41, 5.74) is 0. The maximum absolute atomic E-state index is 11.4. The summed E-state index contributed by atoms with van der Waals surface area (Å²) in [7, 11) is -4.15. The Morgan fingerprint density at radius 3 is 1.38 bits per heavy atom. The molecule has 0 aliphatic carbocycles. The molecule has 0 amide bonds. The van der Waals surface area contributed by atoms with E-state index in [9.17, 15) is 18.1 Å². The van der Waals surface area contributed by atoms with Gasteiger partial charge in [0, 0.05) is 0 Å². The fourth-order valence-electron chi connectivity index (χ4n) is 3.50. The quantitative estimate of drug-likeness (QED) is 0.200. The van der Waals surface area contributed by atoms with Crippen LogP contribution in [-0.2, 0) is 10.1 Å². The second-order valence-corrected chi connectivity index (χ2v) is 9.43. The van der Waals surface area contributed by atoms with E-state index in [0.717, 1.165) is 25.7 Å². The highest BCUT2D eigenvalue weighted by Crippen LogP contribution is 2.19. The van der Waals surface area contributed by atoms with Crippen molar-refractivity contribution < 1.29 is 18.1 Å². The first-order valence-electron chi connectivity index (χ1n) is 11.1. The third-order valence-corrected chi connectivity index (χ3v) is 6.57. The van der Waals surface area contributed by atoms with Gasteiger partial charge in [-0.05, 0) is 12.8 Å². The lowest BCUT2D eigenvalue weighted by Crippen LogP contribution is -2.33. The van der Waals surface area contributed by atoms with Gasteiger partial charge in [0.15, 0.2) is 0 Å². The zero-order valence-corrected chi connectivity index (χ0v) is 18.1. The van der Waals surface area contributed by atoms with Crippen LogP contribution in [0.25, 0.3) is 0 Å². The fourth-order valence-corrected chi connectivity index (χ4v) is 4.50. The molecule has 4 nitrogen and oxygen atoms in total. The molecule has 0 aliphatic rings. The molecular formula is C21H44O4S. The van der Waals surface area contributed by atoms with Crippen LogP contribution in [0.1, 0.15) is 123 Å². The van der Waals surface area contributed by atoms with Crippen LogP contribution in [0.4, 0.5) is 0 Å². The van der Waals surface area contributed by atoms with E-state index in [1.807, 2.05) is 6.92 Å². The van der Waals surface area contributed by atoms with Crippen molar-refractivity contribution in [1.82, 2.24) is 0 Å². The second kappa shape index (κ2) is 17.0. The van der Waals surface area contributed by atoms with Crippen molar-refractivity contribution in [3.8, 4) is 0 Å². The summed E-state index contributed by atoms with van der Waals surface area (Å²) in [6.45, 7) is 4.22. The van der Waals surface area contributed by atoms with Gasteiger partial charge in [-0.25, -0.2) is 0 Å². The number of aliphatic hydroxyl groups excluding tert-OH is 1. The van der Waals surface area contributed by atoms with Crippen molar-refractivity contribution in [3.63, 3.8) is 0 Å². The second-order valence-electron chi connectivity index (χ2n) is 7.79. The summed E-state index contributed by atoms with van der Waals surface area (Å²) >= 11 is 0. The fraction of sp³-hybridized carbons (Fsp3) is 1.00. The van der Waals surface area contributed by atoms with Crippen LogP contribution in [0.5, 0.6) is 0 Å². The Bertz CT molecular complexity index is 395. The van der Waals surface area contributed by atoms with E-state index in [1.165, 1.54) is 64.2 Å². The standard InChI is InChI=1S/C21H44O4S/c1-3-5-7-8-9-10-11-12-13-14-15-16-17-18-20(22)21(19-6-4-2)26(23,24)25/h20-22H,3-19H2,1-2H3,(H,23,24,25). The van der Waals surface area contributed by atoms with E-state index in [0.29, 0.717) is 19.3 Å². The van der Waals surface area contributed by atoms with Crippen LogP contribution in [0.15, 0.2) is 0 Å². The Morgan fingerprint density at radius 1 is 0.615 bits per heavy atom. The number of rotatable bonds is 19. The molecule has 2 atom stereocenters. The lowest BCUT2D eigenvalue weighted by molar-refractivity contribution is 0.146. The zero-order valence-electron chi connectivity index (χ0n) is 17.3. The molecule has 158 valence electrons. The molecule has 0 aromatic heterocycles. The van der Waals surface area contributed by atoms with Crippen LogP contribution in [0.3, 0.4) is 0 Å². The van der Waals surface area contributed by atoms with E-state index in [2.05, 4.69) is 6.92 Å². The summed E-state index contributed by atoms with van der Waals surface area (Å²) < 4.78 is 32.1. The molecule has 0 heterocycles. The predicted octanol–water partition coefficient (Wildman–Crippen LogP) is 6.28. The Kier molecular flexibility index (Phi) is 16.9. The molecule has 0 fully saturated rings. The molecule has 0 rings (SSSR count). The summed E-state index contributed by atoms with van der Waals surface area (Å²) in [5, 5.41) is 9.10. The smallest absolute Gasteiger partial charge is 0.270 e. The molecular weight excluding hydrogens is 348 g/mol. The molecule has 0 spiro atoms. The Hall–Kier alpha value is -0.130. The average molecular weight is 393 g/mol. The number of aliphatic hydroxyl groups is 1. The number of hydrogen-bond donors (Lipinski definition) is 2. The lowest BCUT2D eigenvalue weighted by atomic mass is 10.0. The van der Waals surface area contributed by atoms with Crippen LogP contribution < -0.4 is 0 Å². The zero-order chi connectivity index (χ0) is 19.7. The topological polar surface area (TPSA) is 74.6 Å². The minimum Gasteiger partial charge on any atom is -0.392 e. The van der Waals surface area contributed by atoms with Crippen LogP contribution >= 0.6 is 0 Å². The maximum atomic E-state index is 11.4. The van der Waals surface area contributed by atoms with E-state index in [-0.39, 0.29) is 0 Å². The van der Waals surface area contributed by atoms with Gasteiger partial charge in [-0.2, -0.15) is 8.42 Å². The van der Waals surface area contributed by atoms with E-state index < -0.39 is 21.5 Å². The van der Waals surface area contributed by atoms with Gasteiger partial charge in [-0.1, -0.05) is 110 Å². The van der Waals surface area contributed by atoms with Crippen molar-refractivity contribution in [2.24, 2.45) is 0 Å². The SMILES string of the molecule is CCCCCCCCCCCCCCCC(O)C(CCCC)S(=O)(=O)O. The summed E-state index contributed by atoms with van der Waals surface area (Å²) in [6.07, 6.45) is 17.8.